The van der Waals surface area contributed by atoms with Crippen LogP contribution in [0, 0.1) is 5.82 Å². The summed E-state index contributed by atoms with van der Waals surface area (Å²) in [7, 11) is 0. The zero-order chi connectivity index (χ0) is 15.9. The summed E-state index contributed by atoms with van der Waals surface area (Å²) in [6, 6.07) is 12.7. The van der Waals surface area contributed by atoms with E-state index >= 15 is 0 Å². The van der Waals surface area contributed by atoms with Gasteiger partial charge in [-0.05, 0) is 60.3 Å². The number of benzene rings is 2. The van der Waals surface area contributed by atoms with Crippen molar-refractivity contribution in [3.8, 4) is 0 Å². The zero-order valence-electron chi connectivity index (χ0n) is 11.3. The van der Waals surface area contributed by atoms with Gasteiger partial charge in [0.05, 0.1) is 0 Å². The maximum atomic E-state index is 12.8. The van der Waals surface area contributed by atoms with Crippen LogP contribution in [-0.4, -0.2) is 11.0 Å². The van der Waals surface area contributed by atoms with Gasteiger partial charge in [0.15, 0.2) is 5.11 Å². The molecule has 0 heterocycles. The van der Waals surface area contributed by atoms with Crippen molar-refractivity contribution in [2.75, 3.05) is 5.32 Å². The standard InChI is InChI=1S/C16H12ClFN2OS/c17-12-4-8-14(9-5-12)19-16(22)20-15(21)10-3-11-1-6-13(18)7-2-11/h1-10H,(H2,19,20,21,22)/b10-3+. The first kappa shape index (κ1) is 16.1. The third kappa shape index (κ3) is 5.27. The predicted octanol–water partition coefficient (Wildman–Crippen LogP) is 4.01. The molecule has 2 aromatic carbocycles. The normalized spacial score (nSPS) is 10.5. The first-order valence-corrected chi connectivity index (χ1v) is 7.13. The number of nitrogens with one attached hydrogen (secondary N) is 2. The van der Waals surface area contributed by atoms with Crippen molar-refractivity contribution >= 4 is 46.6 Å². The molecule has 0 unspecified atom stereocenters. The van der Waals surface area contributed by atoms with Gasteiger partial charge >= 0.3 is 0 Å². The molecule has 22 heavy (non-hydrogen) atoms. The Morgan fingerprint density at radius 2 is 1.73 bits per heavy atom. The third-order valence-corrected chi connectivity index (χ3v) is 3.09. The molecule has 0 bridgehead atoms. The van der Waals surface area contributed by atoms with Crippen LogP contribution in [0.15, 0.2) is 54.6 Å². The molecule has 1 amide bonds. The van der Waals surface area contributed by atoms with Gasteiger partial charge in [-0.2, -0.15) is 0 Å². The van der Waals surface area contributed by atoms with Crippen LogP contribution in [0.25, 0.3) is 6.08 Å². The van der Waals surface area contributed by atoms with Crippen LogP contribution in [0.5, 0.6) is 0 Å². The van der Waals surface area contributed by atoms with Crippen molar-refractivity contribution in [1.29, 1.82) is 0 Å². The Kier molecular flexibility index (Phi) is 5.63. The van der Waals surface area contributed by atoms with Gasteiger partial charge in [0, 0.05) is 16.8 Å². The second kappa shape index (κ2) is 7.68. The minimum absolute atomic E-state index is 0.177. The zero-order valence-corrected chi connectivity index (χ0v) is 12.9. The Hall–Kier alpha value is -2.24. The van der Waals surface area contributed by atoms with Crippen molar-refractivity contribution in [3.63, 3.8) is 0 Å². The van der Waals surface area contributed by atoms with E-state index in [4.69, 9.17) is 23.8 Å². The maximum Gasteiger partial charge on any atom is 0.250 e. The lowest BCUT2D eigenvalue weighted by molar-refractivity contribution is -0.115. The summed E-state index contributed by atoms with van der Waals surface area (Å²) >= 11 is 10.8. The van der Waals surface area contributed by atoms with Crippen LogP contribution in [0.1, 0.15) is 5.56 Å². The number of hydrogen-bond donors (Lipinski definition) is 2. The molecule has 6 heteroatoms. The van der Waals surface area contributed by atoms with Gasteiger partial charge in [0.25, 0.3) is 0 Å². The van der Waals surface area contributed by atoms with E-state index in [2.05, 4.69) is 10.6 Å². The summed E-state index contributed by atoms with van der Waals surface area (Å²) in [4.78, 5) is 11.7. The molecule has 0 fully saturated rings. The second-order valence-corrected chi connectivity index (χ2v) is 5.18. The molecule has 0 radical (unpaired) electrons. The second-order valence-electron chi connectivity index (χ2n) is 4.34. The van der Waals surface area contributed by atoms with Crippen molar-refractivity contribution in [1.82, 2.24) is 5.32 Å². The van der Waals surface area contributed by atoms with Gasteiger partial charge in [-0.25, -0.2) is 4.39 Å². The Bertz CT molecular complexity index is 699. The summed E-state index contributed by atoms with van der Waals surface area (Å²) < 4.78 is 12.8. The van der Waals surface area contributed by atoms with Crippen LogP contribution >= 0.6 is 23.8 Å². The van der Waals surface area contributed by atoms with Gasteiger partial charge in [0.2, 0.25) is 5.91 Å². The highest BCUT2D eigenvalue weighted by atomic mass is 35.5. The molecule has 0 aromatic heterocycles. The molecule has 0 saturated carbocycles. The smallest absolute Gasteiger partial charge is 0.250 e. The van der Waals surface area contributed by atoms with Crippen LogP contribution in [0.2, 0.25) is 5.02 Å². The Morgan fingerprint density at radius 3 is 2.36 bits per heavy atom. The van der Waals surface area contributed by atoms with Gasteiger partial charge < -0.3 is 5.32 Å². The summed E-state index contributed by atoms with van der Waals surface area (Å²) in [5.74, 6) is -0.703. The lowest BCUT2D eigenvalue weighted by Crippen LogP contribution is -2.32. The van der Waals surface area contributed by atoms with Crippen LogP contribution in [0.4, 0.5) is 10.1 Å². The first-order valence-electron chi connectivity index (χ1n) is 6.34. The van der Waals surface area contributed by atoms with E-state index in [1.54, 1.807) is 42.5 Å². The van der Waals surface area contributed by atoms with Gasteiger partial charge in [-0.3, -0.25) is 10.1 Å². The fourth-order valence-electron chi connectivity index (χ4n) is 1.59. The van der Waals surface area contributed by atoms with Gasteiger partial charge in [0.1, 0.15) is 5.82 Å². The summed E-state index contributed by atoms with van der Waals surface area (Å²) in [6.45, 7) is 0. The highest BCUT2D eigenvalue weighted by molar-refractivity contribution is 7.80. The molecule has 0 spiro atoms. The molecule has 2 rings (SSSR count). The van der Waals surface area contributed by atoms with E-state index < -0.39 is 0 Å². The summed E-state index contributed by atoms with van der Waals surface area (Å²) in [6.07, 6.45) is 2.89. The van der Waals surface area contributed by atoms with Gasteiger partial charge in [-0.15, -0.1) is 0 Å². The lowest BCUT2D eigenvalue weighted by Gasteiger charge is -2.07. The maximum absolute atomic E-state index is 12.8. The molecule has 2 N–H and O–H groups in total. The number of carbonyl (C=O) groups is 1. The summed E-state index contributed by atoms with van der Waals surface area (Å²) in [5, 5.41) is 6.17. The van der Waals surface area contributed by atoms with Crippen molar-refractivity contribution < 1.29 is 9.18 Å². The van der Waals surface area contributed by atoms with E-state index in [1.807, 2.05) is 0 Å². The molecular formula is C16H12ClFN2OS. The molecule has 2 aromatic rings. The van der Waals surface area contributed by atoms with Crippen LogP contribution in [-0.2, 0) is 4.79 Å². The topological polar surface area (TPSA) is 41.1 Å². The molecular weight excluding hydrogens is 323 g/mol. The van der Waals surface area contributed by atoms with Crippen molar-refractivity contribution in [3.05, 3.63) is 71.0 Å². The number of halogens is 2. The molecule has 0 aliphatic heterocycles. The number of rotatable bonds is 3. The monoisotopic (exact) mass is 334 g/mol. The van der Waals surface area contributed by atoms with Crippen molar-refractivity contribution in [2.45, 2.75) is 0 Å². The number of amides is 1. The minimum atomic E-state index is -0.379. The van der Waals surface area contributed by atoms with Gasteiger partial charge in [-0.1, -0.05) is 23.7 Å². The molecule has 0 saturated heterocycles. The first-order chi connectivity index (χ1) is 10.5. The predicted molar refractivity (Wildman–Crippen MR) is 91.2 cm³/mol. The van der Waals surface area contributed by atoms with E-state index in [0.717, 1.165) is 5.69 Å². The lowest BCUT2D eigenvalue weighted by atomic mass is 10.2. The van der Waals surface area contributed by atoms with E-state index in [0.29, 0.717) is 10.6 Å². The quantitative estimate of drug-likeness (QED) is 0.658. The molecule has 112 valence electrons. The average molecular weight is 335 g/mol. The molecule has 3 nitrogen and oxygen atoms in total. The molecule has 0 aliphatic rings. The number of thiocarbonyl (C=S) groups is 1. The number of anilines is 1. The fraction of sp³-hybridized carbons (Fsp3) is 0. The highest BCUT2D eigenvalue weighted by Crippen LogP contribution is 2.13. The van der Waals surface area contributed by atoms with Crippen LogP contribution in [0.3, 0.4) is 0 Å². The number of hydrogen-bond acceptors (Lipinski definition) is 2. The van der Waals surface area contributed by atoms with E-state index in [9.17, 15) is 9.18 Å². The number of carbonyl (C=O) groups excluding carboxylic acids is 1. The van der Waals surface area contributed by atoms with Crippen LogP contribution < -0.4 is 10.6 Å². The Balaban J connectivity index is 1.87. The average Bonchev–Trinajstić information content (AvgIpc) is 2.49. The largest absolute Gasteiger partial charge is 0.332 e. The third-order valence-electron chi connectivity index (χ3n) is 2.64. The van der Waals surface area contributed by atoms with Crippen molar-refractivity contribution in [2.24, 2.45) is 0 Å². The highest BCUT2D eigenvalue weighted by Gasteiger charge is 2.01. The summed E-state index contributed by atoms with van der Waals surface area (Å²) in [5.41, 5.74) is 1.44. The Labute approximate surface area is 137 Å². The molecule has 0 atom stereocenters. The SMILES string of the molecule is O=C(/C=C/c1ccc(F)cc1)NC(=S)Nc1ccc(Cl)cc1. The minimum Gasteiger partial charge on any atom is -0.332 e. The Morgan fingerprint density at radius 1 is 1.09 bits per heavy atom. The fourth-order valence-corrected chi connectivity index (χ4v) is 1.94. The van der Waals surface area contributed by atoms with E-state index in [-0.39, 0.29) is 16.8 Å². The molecule has 0 aliphatic carbocycles. The van der Waals surface area contributed by atoms with E-state index in [1.165, 1.54) is 18.2 Å².